The molecule has 0 spiro atoms. The molecule has 0 saturated heterocycles. The minimum absolute atomic E-state index is 0.305. The fourth-order valence-corrected chi connectivity index (χ4v) is 2.94. The Bertz CT molecular complexity index is 629. The molecule has 1 aromatic rings. The molecule has 0 bridgehead atoms. The molecular weight excluding hydrogens is 302 g/mol. The van der Waals surface area contributed by atoms with Gasteiger partial charge in [0.1, 0.15) is 5.41 Å². The molecule has 0 aromatic heterocycles. The molecule has 1 saturated carbocycles. The topological polar surface area (TPSA) is 83.5 Å². The molecular formula is C16H21NO4S. The Balaban J connectivity index is 2.08. The third-order valence-corrected chi connectivity index (χ3v) is 5.72. The van der Waals surface area contributed by atoms with Gasteiger partial charge in [-0.3, -0.25) is 13.8 Å². The Kier molecular flexibility index (Phi) is 4.42. The number of benzene rings is 1. The van der Waals surface area contributed by atoms with E-state index < -0.39 is 28.1 Å². The summed E-state index contributed by atoms with van der Waals surface area (Å²) in [4.78, 5) is 23.2. The minimum atomic E-state index is -1.26. The molecule has 1 aromatic carbocycles. The number of hydrogen-bond donors (Lipinski definition) is 2. The summed E-state index contributed by atoms with van der Waals surface area (Å²) in [6.45, 7) is 5.75. The van der Waals surface area contributed by atoms with Gasteiger partial charge in [-0.2, -0.15) is 0 Å². The van der Waals surface area contributed by atoms with Gasteiger partial charge in [0, 0.05) is 27.0 Å². The van der Waals surface area contributed by atoms with E-state index in [4.69, 9.17) is 5.11 Å². The fourth-order valence-electron chi connectivity index (χ4n) is 2.02. The highest BCUT2D eigenvalue weighted by Crippen LogP contribution is 2.46. The first-order chi connectivity index (χ1) is 10.1. The van der Waals surface area contributed by atoms with Crippen LogP contribution in [0.5, 0.6) is 0 Å². The van der Waals surface area contributed by atoms with Crippen LogP contribution in [0.1, 0.15) is 39.2 Å². The molecule has 6 heteroatoms. The van der Waals surface area contributed by atoms with E-state index in [-0.39, 0.29) is 4.75 Å². The molecule has 0 aliphatic heterocycles. The smallest absolute Gasteiger partial charge is 0.319 e. The number of amides is 1. The Hall–Kier alpha value is -1.69. The monoisotopic (exact) mass is 323 g/mol. The quantitative estimate of drug-likeness (QED) is 0.816. The first-order valence-corrected chi connectivity index (χ1v) is 8.49. The number of rotatable bonds is 5. The average molecular weight is 323 g/mol. The average Bonchev–Trinajstić information content (AvgIpc) is 3.19. The zero-order valence-corrected chi connectivity index (χ0v) is 13.8. The predicted octanol–water partition coefficient (Wildman–Crippen LogP) is 2.54. The fraction of sp³-hybridized carbons (Fsp3) is 0.500. The van der Waals surface area contributed by atoms with Gasteiger partial charge in [0.15, 0.2) is 0 Å². The highest BCUT2D eigenvalue weighted by Gasteiger charge is 2.57. The van der Waals surface area contributed by atoms with Crippen molar-refractivity contribution in [2.45, 2.75) is 44.1 Å². The van der Waals surface area contributed by atoms with Crippen molar-refractivity contribution in [3.05, 3.63) is 29.8 Å². The maximum Gasteiger partial charge on any atom is 0.319 e. The molecule has 1 amide bonds. The second-order valence-corrected chi connectivity index (χ2v) is 8.85. The molecule has 2 N–H and O–H groups in total. The van der Waals surface area contributed by atoms with Crippen molar-refractivity contribution in [1.29, 1.82) is 0 Å². The first kappa shape index (κ1) is 16.7. The van der Waals surface area contributed by atoms with Crippen LogP contribution in [0.25, 0.3) is 0 Å². The van der Waals surface area contributed by atoms with Crippen molar-refractivity contribution in [1.82, 2.24) is 0 Å². The van der Waals surface area contributed by atoms with Crippen molar-refractivity contribution in [2.75, 3.05) is 5.32 Å². The summed E-state index contributed by atoms with van der Waals surface area (Å²) < 4.78 is 11.9. The van der Waals surface area contributed by atoms with Gasteiger partial charge in [-0.25, -0.2) is 0 Å². The van der Waals surface area contributed by atoms with E-state index in [2.05, 4.69) is 5.32 Å². The number of nitrogens with one attached hydrogen (secondary N) is 1. The molecule has 2 rings (SSSR count). The number of aliphatic carboxylic acids is 1. The van der Waals surface area contributed by atoms with Crippen LogP contribution in [0.4, 0.5) is 5.69 Å². The number of carboxylic acids is 1. The van der Waals surface area contributed by atoms with E-state index in [0.717, 1.165) is 5.56 Å². The van der Waals surface area contributed by atoms with Crippen LogP contribution < -0.4 is 5.32 Å². The van der Waals surface area contributed by atoms with Gasteiger partial charge >= 0.3 is 5.97 Å². The number of carbonyl (C=O) groups is 2. The predicted molar refractivity (Wildman–Crippen MR) is 86.0 cm³/mol. The van der Waals surface area contributed by atoms with Crippen LogP contribution in [0, 0.1) is 5.41 Å². The van der Waals surface area contributed by atoms with Gasteiger partial charge in [-0.15, -0.1) is 0 Å². The summed E-state index contributed by atoms with van der Waals surface area (Å²) in [6, 6.07) is 7.08. The highest BCUT2D eigenvalue weighted by atomic mass is 32.2. The second kappa shape index (κ2) is 5.83. The minimum Gasteiger partial charge on any atom is -0.480 e. The van der Waals surface area contributed by atoms with E-state index in [1.807, 2.05) is 26.8 Å². The molecule has 1 aliphatic rings. The molecule has 22 heavy (non-hydrogen) atoms. The van der Waals surface area contributed by atoms with Crippen LogP contribution in [-0.4, -0.2) is 25.9 Å². The lowest BCUT2D eigenvalue weighted by Gasteiger charge is -2.18. The van der Waals surface area contributed by atoms with Gasteiger partial charge in [-0.05, 0) is 51.3 Å². The number of anilines is 1. The molecule has 120 valence electrons. The van der Waals surface area contributed by atoms with Crippen LogP contribution in [0.2, 0.25) is 0 Å². The zero-order chi connectivity index (χ0) is 16.5. The van der Waals surface area contributed by atoms with Crippen LogP contribution in [0.3, 0.4) is 0 Å². The maximum atomic E-state index is 12.2. The number of hydrogen-bond acceptors (Lipinski definition) is 3. The largest absolute Gasteiger partial charge is 0.480 e. The zero-order valence-electron chi connectivity index (χ0n) is 13.0. The lowest BCUT2D eigenvalue weighted by Crippen LogP contribution is -2.31. The molecule has 5 nitrogen and oxygen atoms in total. The SMILES string of the molecule is CC(C)(C)S(=O)Cc1cccc(NC(=O)C2(C(=O)O)CC2)c1. The highest BCUT2D eigenvalue weighted by molar-refractivity contribution is 7.85. The van der Waals surface area contributed by atoms with Crippen molar-refractivity contribution < 1.29 is 18.9 Å². The summed E-state index contributed by atoms with van der Waals surface area (Å²) in [5.74, 6) is -1.15. The summed E-state index contributed by atoms with van der Waals surface area (Å²) >= 11 is 0. The second-order valence-electron chi connectivity index (χ2n) is 6.64. The van der Waals surface area contributed by atoms with Crippen molar-refractivity contribution in [3.63, 3.8) is 0 Å². The van der Waals surface area contributed by atoms with E-state index in [1.165, 1.54) is 0 Å². The van der Waals surface area contributed by atoms with E-state index in [0.29, 0.717) is 24.3 Å². The van der Waals surface area contributed by atoms with Crippen LogP contribution in [-0.2, 0) is 26.1 Å². The summed E-state index contributed by atoms with van der Waals surface area (Å²) in [6.07, 6.45) is 0.754. The van der Waals surface area contributed by atoms with E-state index in [1.54, 1.807) is 18.2 Å². The molecule has 1 aliphatic carbocycles. The summed E-state index contributed by atoms with van der Waals surface area (Å²) in [7, 11) is -1.03. The first-order valence-electron chi connectivity index (χ1n) is 7.17. The number of carbonyl (C=O) groups excluding carboxylic acids is 1. The Morgan fingerprint density at radius 2 is 1.95 bits per heavy atom. The molecule has 1 fully saturated rings. The third-order valence-electron chi connectivity index (χ3n) is 3.76. The lowest BCUT2D eigenvalue weighted by atomic mass is 10.1. The Morgan fingerprint density at radius 3 is 2.45 bits per heavy atom. The number of carboxylic acid groups (broad SMARTS) is 1. The van der Waals surface area contributed by atoms with Crippen molar-refractivity contribution in [3.8, 4) is 0 Å². The van der Waals surface area contributed by atoms with Gasteiger partial charge in [0.05, 0.1) is 0 Å². The van der Waals surface area contributed by atoms with E-state index in [9.17, 15) is 13.8 Å². The normalized spacial score (nSPS) is 17.6. The maximum absolute atomic E-state index is 12.2. The standard InChI is InChI=1S/C16H21NO4S/c1-15(2,3)22(21)10-11-5-4-6-12(9-11)17-13(18)16(7-8-16)14(19)20/h4-6,9H,7-8,10H2,1-3H3,(H,17,18)(H,19,20). The lowest BCUT2D eigenvalue weighted by molar-refractivity contribution is -0.147. The van der Waals surface area contributed by atoms with Gasteiger partial charge < -0.3 is 10.4 Å². The molecule has 0 heterocycles. The van der Waals surface area contributed by atoms with Crippen LogP contribution in [0.15, 0.2) is 24.3 Å². The van der Waals surface area contributed by atoms with Gasteiger partial charge in [-0.1, -0.05) is 12.1 Å². The summed E-state index contributed by atoms with van der Waals surface area (Å²) in [5, 5.41) is 11.8. The Labute approximate surface area is 132 Å². The van der Waals surface area contributed by atoms with Crippen molar-refractivity contribution >= 4 is 28.4 Å². The molecule has 1 atom stereocenters. The van der Waals surface area contributed by atoms with Crippen LogP contribution >= 0.6 is 0 Å². The van der Waals surface area contributed by atoms with Crippen molar-refractivity contribution in [2.24, 2.45) is 5.41 Å². The van der Waals surface area contributed by atoms with Gasteiger partial charge in [0.2, 0.25) is 5.91 Å². The van der Waals surface area contributed by atoms with E-state index >= 15 is 0 Å². The summed E-state index contributed by atoms with van der Waals surface area (Å²) in [5.41, 5.74) is 0.136. The third kappa shape index (κ3) is 3.55. The Morgan fingerprint density at radius 1 is 1.32 bits per heavy atom. The molecule has 0 radical (unpaired) electrons. The van der Waals surface area contributed by atoms with Gasteiger partial charge in [0.25, 0.3) is 0 Å². The molecule has 1 unspecified atom stereocenters.